The number of hydrogen-bond donors (Lipinski definition) is 1. The molecule has 2 nitrogen and oxygen atoms in total. The van der Waals surface area contributed by atoms with Crippen LogP contribution in [0.25, 0.3) is 5.03 Å². The van der Waals surface area contributed by atoms with Gasteiger partial charge in [0.2, 0.25) is 0 Å². The quantitative estimate of drug-likeness (QED) is 0.632. The van der Waals surface area contributed by atoms with Gasteiger partial charge in [0.15, 0.2) is 5.00 Å². The van der Waals surface area contributed by atoms with Gasteiger partial charge in [0.05, 0.1) is 10.4 Å². The highest BCUT2D eigenvalue weighted by Crippen LogP contribution is 2.35. The van der Waals surface area contributed by atoms with Gasteiger partial charge >= 0.3 is 0 Å². The minimum absolute atomic E-state index is 0.102. The molecule has 0 amide bonds. The van der Waals surface area contributed by atoms with E-state index in [1.165, 1.54) is 0 Å². The van der Waals surface area contributed by atoms with Crippen LogP contribution in [0, 0.1) is 0 Å². The number of halogens is 2. The molecule has 4 heteroatoms. The van der Waals surface area contributed by atoms with E-state index in [-0.39, 0.29) is 6.61 Å². The second kappa shape index (κ2) is 4.12. The normalized spacial score (nSPS) is 23.8. The molecule has 1 atom stereocenters. The van der Waals surface area contributed by atoms with E-state index in [9.17, 15) is 0 Å². The summed E-state index contributed by atoms with van der Waals surface area (Å²) in [4.78, 5) is 3.52. The molecule has 0 spiro atoms. The topological polar surface area (TPSA) is 32.6 Å². The first kappa shape index (κ1) is 10.9. The fraction of sp³-hybridized carbons (Fsp3) is 0.364. The molecule has 1 aliphatic heterocycles. The van der Waals surface area contributed by atoms with E-state index in [2.05, 4.69) is 4.99 Å². The van der Waals surface area contributed by atoms with Crippen LogP contribution in [0.15, 0.2) is 29.3 Å². The van der Waals surface area contributed by atoms with Crippen LogP contribution in [-0.2, 0) is 0 Å². The minimum atomic E-state index is -0.867. The Labute approximate surface area is 97.9 Å². The Kier molecular flexibility index (Phi) is 3.01. The highest BCUT2D eigenvalue weighted by atomic mass is 35.5. The van der Waals surface area contributed by atoms with Gasteiger partial charge in [-0.3, -0.25) is 4.99 Å². The molecular formula is C11H11Cl2NO. The van der Waals surface area contributed by atoms with Crippen molar-refractivity contribution in [1.29, 1.82) is 0 Å². The number of fused-ring (bicyclic) bond motifs is 1. The van der Waals surface area contributed by atoms with E-state index >= 15 is 0 Å². The third-order valence-corrected chi connectivity index (χ3v) is 3.52. The van der Waals surface area contributed by atoms with Crippen LogP contribution >= 0.6 is 23.2 Å². The predicted molar refractivity (Wildman–Crippen MR) is 61.4 cm³/mol. The largest absolute Gasteiger partial charge is 0.396 e. The minimum Gasteiger partial charge on any atom is -0.396 e. The highest BCUT2D eigenvalue weighted by Gasteiger charge is 2.33. The lowest BCUT2D eigenvalue weighted by atomic mass is 10.1. The van der Waals surface area contributed by atoms with Crippen LogP contribution in [0.4, 0.5) is 0 Å². The van der Waals surface area contributed by atoms with Gasteiger partial charge in [-0.1, -0.05) is 41.4 Å². The van der Waals surface area contributed by atoms with E-state index in [4.69, 9.17) is 28.3 Å². The lowest BCUT2D eigenvalue weighted by Gasteiger charge is -2.17. The molecule has 80 valence electrons. The van der Waals surface area contributed by atoms with E-state index in [1.54, 1.807) is 0 Å². The lowest BCUT2D eigenvalue weighted by Crippen LogP contribution is -2.21. The van der Waals surface area contributed by atoms with Gasteiger partial charge in [-0.15, -0.1) is 0 Å². The average Bonchev–Trinajstić information content (AvgIpc) is 2.50. The molecule has 0 bridgehead atoms. The summed E-state index contributed by atoms with van der Waals surface area (Å²) >= 11 is 12.5. The first-order valence-electron chi connectivity index (χ1n) is 4.82. The summed E-state index contributed by atoms with van der Waals surface area (Å²) in [6.45, 7) is 0.102. The second-order valence-corrected chi connectivity index (χ2v) is 4.53. The average molecular weight is 244 g/mol. The number of para-hydroxylation sites is 1. The van der Waals surface area contributed by atoms with Crippen LogP contribution in [-0.4, -0.2) is 16.7 Å². The zero-order chi connectivity index (χ0) is 10.9. The van der Waals surface area contributed by atoms with E-state index in [0.29, 0.717) is 17.9 Å². The summed E-state index contributed by atoms with van der Waals surface area (Å²) in [5.41, 5.74) is 0. The van der Waals surface area contributed by atoms with Crippen LogP contribution in [0.3, 0.4) is 0 Å². The van der Waals surface area contributed by atoms with Gasteiger partial charge in [-0.05, 0) is 18.9 Å². The van der Waals surface area contributed by atoms with Crippen molar-refractivity contribution >= 4 is 28.2 Å². The molecule has 1 aromatic carbocycles. The van der Waals surface area contributed by atoms with Crippen molar-refractivity contribution in [1.82, 2.24) is 0 Å². The van der Waals surface area contributed by atoms with E-state index in [1.807, 2.05) is 24.3 Å². The van der Waals surface area contributed by atoms with Crippen molar-refractivity contribution in [3.8, 4) is 0 Å². The molecule has 15 heavy (non-hydrogen) atoms. The molecule has 1 aromatic rings. The SMILES string of the molecule is OCCCC1(Cl)N=c2ccccc2=C1Cl. The monoisotopic (exact) mass is 243 g/mol. The molecule has 1 unspecified atom stereocenters. The molecule has 0 fully saturated rings. The number of aliphatic hydroxyl groups is 1. The number of rotatable bonds is 3. The van der Waals surface area contributed by atoms with Gasteiger partial charge < -0.3 is 5.11 Å². The zero-order valence-corrected chi connectivity index (χ0v) is 9.59. The number of aliphatic hydroxyl groups excluding tert-OH is 1. The number of benzene rings is 1. The first-order valence-corrected chi connectivity index (χ1v) is 5.58. The summed E-state index contributed by atoms with van der Waals surface area (Å²) in [5, 5.41) is 11.1. The molecular weight excluding hydrogens is 233 g/mol. The molecule has 1 aliphatic rings. The van der Waals surface area contributed by atoms with Crippen molar-refractivity contribution in [3.63, 3.8) is 0 Å². The summed E-state index contributed by atoms with van der Waals surface area (Å²) in [6, 6.07) is 7.61. The molecule has 0 radical (unpaired) electrons. The Bertz CT molecular complexity index is 486. The number of hydrogen-bond acceptors (Lipinski definition) is 2. The van der Waals surface area contributed by atoms with Crippen molar-refractivity contribution in [2.24, 2.45) is 4.99 Å². The van der Waals surface area contributed by atoms with Gasteiger partial charge in [0, 0.05) is 11.8 Å². The first-order chi connectivity index (χ1) is 7.17. The Morgan fingerprint density at radius 3 is 2.73 bits per heavy atom. The highest BCUT2D eigenvalue weighted by molar-refractivity contribution is 6.53. The molecule has 0 saturated carbocycles. The Morgan fingerprint density at radius 2 is 2.07 bits per heavy atom. The van der Waals surface area contributed by atoms with Crippen LogP contribution < -0.4 is 10.6 Å². The summed E-state index contributed by atoms with van der Waals surface area (Å²) < 4.78 is 0. The summed E-state index contributed by atoms with van der Waals surface area (Å²) in [7, 11) is 0. The maximum atomic E-state index is 8.79. The standard InChI is InChI=1S/C11H11Cl2NO/c12-10-8-4-1-2-5-9(8)14-11(10,13)6-3-7-15/h1-2,4-5,15H,3,6-7H2. The van der Waals surface area contributed by atoms with Crippen molar-refractivity contribution in [2.75, 3.05) is 6.61 Å². The molecule has 0 aliphatic carbocycles. The summed E-state index contributed by atoms with van der Waals surface area (Å²) in [6.07, 6.45) is 1.15. The maximum Gasteiger partial charge on any atom is 0.170 e. The van der Waals surface area contributed by atoms with Crippen LogP contribution in [0.5, 0.6) is 0 Å². The third-order valence-electron chi connectivity index (χ3n) is 2.44. The fourth-order valence-electron chi connectivity index (χ4n) is 1.68. The van der Waals surface area contributed by atoms with Gasteiger partial charge in [0.25, 0.3) is 0 Å². The molecule has 1 N–H and O–H groups in total. The summed E-state index contributed by atoms with van der Waals surface area (Å²) in [5.74, 6) is 0. The number of alkyl halides is 1. The smallest absolute Gasteiger partial charge is 0.170 e. The Morgan fingerprint density at radius 1 is 1.33 bits per heavy atom. The van der Waals surface area contributed by atoms with Crippen LogP contribution in [0.1, 0.15) is 12.8 Å². The maximum absolute atomic E-state index is 8.79. The van der Waals surface area contributed by atoms with Crippen molar-refractivity contribution in [3.05, 3.63) is 34.8 Å². The predicted octanol–water partition coefficient (Wildman–Crippen LogP) is 1.37. The zero-order valence-electron chi connectivity index (χ0n) is 8.08. The lowest BCUT2D eigenvalue weighted by molar-refractivity contribution is 0.281. The Hall–Kier alpha value is -0.570. The van der Waals surface area contributed by atoms with Crippen LogP contribution in [0.2, 0.25) is 0 Å². The van der Waals surface area contributed by atoms with Crippen molar-refractivity contribution in [2.45, 2.75) is 17.8 Å². The van der Waals surface area contributed by atoms with Gasteiger partial charge in [0.1, 0.15) is 0 Å². The molecule has 0 aromatic heterocycles. The fourth-order valence-corrected chi connectivity index (χ4v) is 2.31. The van der Waals surface area contributed by atoms with Gasteiger partial charge in [-0.2, -0.15) is 0 Å². The number of nitrogens with zero attached hydrogens (tertiary/aromatic N) is 1. The molecule has 0 saturated heterocycles. The molecule has 1 heterocycles. The van der Waals surface area contributed by atoms with E-state index < -0.39 is 5.00 Å². The molecule has 2 rings (SSSR count). The Balaban J connectivity index is 2.46. The second-order valence-electron chi connectivity index (χ2n) is 3.53. The van der Waals surface area contributed by atoms with E-state index in [0.717, 1.165) is 10.6 Å². The van der Waals surface area contributed by atoms with Crippen molar-refractivity contribution < 1.29 is 5.11 Å². The van der Waals surface area contributed by atoms with Gasteiger partial charge in [-0.25, -0.2) is 0 Å². The third kappa shape index (κ3) is 1.89.